The number of rotatable bonds is 7. The first kappa shape index (κ1) is 44.4. The molecule has 2 aliphatic rings. The number of hydrogen-bond donors (Lipinski definition) is 4. The zero-order valence-electron chi connectivity index (χ0n) is 19.4. The Bertz CT molecular complexity index is 730. The van der Waals surface area contributed by atoms with Crippen LogP contribution in [0.4, 0.5) is 0 Å². The number of thiocarbonyl (C=S) groups is 4. The van der Waals surface area contributed by atoms with Gasteiger partial charge in [0.25, 0.3) is 3.12 Å². The number of alkyl halides is 3. The largest absolute Gasteiger partial charge is 2.00 e. The molecule has 38 heavy (non-hydrogen) atoms. The maximum absolute atomic E-state index is 11.9. The summed E-state index contributed by atoms with van der Waals surface area (Å²) in [6.45, 7) is 2.66. The molecule has 0 aromatic carbocycles. The molecule has 0 bridgehead atoms. The van der Waals surface area contributed by atoms with Crippen LogP contribution in [0.2, 0.25) is 0 Å². The Hall–Kier alpha value is 1.94. The van der Waals surface area contributed by atoms with Gasteiger partial charge >= 0.3 is 36.5 Å². The van der Waals surface area contributed by atoms with Crippen LogP contribution in [-0.2, 0) is 96.7 Å². The van der Waals surface area contributed by atoms with E-state index in [-0.39, 0.29) is 60.2 Å². The number of fused-ring (bicyclic) bond motifs is 1. The van der Waals surface area contributed by atoms with Crippen molar-refractivity contribution in [3.05, 3.63) is 0 Å². The van der Waals surface area contributed by atoms with Gasteiger partial charge in [0.05, 0.1) is 11.8 Å². The Labute approximate surface area is 310 Å². The van der Waals surface area contributed by atoms with Crippen molar-refractivity contribution < 1.29 is 46.1 Å². The van der Waals surface area contributed by atoms with Crippen molar-refractivity contribution in [1.82, 2.24) is 25.6 Å². The smallest absolute Gasteiger partial charge is 0.412 e. The fourth-order valence-electron chi connectivity index (χ4n) is 2.98. The van der Waals surface area contributed by atoms with Crippen LogP contribution in [0, 0.1) is 11.8 Å². The molecule has 1 aliphatic carbocycles. The number of halogens is 3. The van der Waals surface area contributed by atoms with Crippen LogP contribution in [0.25, 0.3) is 0 Å². The van der Waals surface area contributed by atoms with E-state index in [1.165, 1.54) is 0 Å². The average molecular weight is 852 g/mol. The van der Waals surface area contributed by atoms with Gasteiger partial charge in [-0.05, 0) is 12.8 Å². The van der Waals surface area contributed by atoms with Gasteiger partial charge in [-0.15, -0.1) is 0 Å². The van der Waals surface area contributed by atoms with E-state index in [9.17, 15) is 9.59 Å². The van der Waals surface area contributed by atoms with E-state index in [1.807, 2.05) is 0 Å². The van der Waals surface area contributed by atoms with Crippen LogP contribution in [0.1, 0.15) is 25.7 Å². The van der Waals surface area contributed by atoms with Crippen LogP contribution in [0.3, 0.4) is 0 Å². The molecule has 215 valence electrons. The predicted molar refractivity (Wildman–Crippen MR) is 177 cm³/mol. The first-order valence-electron chi connectivity index (χ1n) is 10.1. The van der Waals surface area contributed by atoms with Gasteiger partial charge in [0, 0.05) is 38.1 Å². The Morgan fingerprint density at radius 1 is 0.763 bits per heavy atom. The predicted octanol–water partition coefficient (Wildman–Crippen LogP) is 2.79. The second kappa shape index (κ2) is 24.4. The van der Waals surface area contributed by atoms with Crippen LogP contribution < -0.4 is 21.3 Å². The average Bonchev–Trinajstić information content (AvgIpc) is 2.99. The molecule has 21 heteroatoms. The van der Waals surface area contributed by atoms with Crippen molar-refractivity contribution in [2.45, 2.75) is 28.8 Å². The minimum absolute atomic E-state index is 0. The maximum atomic E-state index is 11.9. The minimum Gasteiger partial charge on any atom is -0.412 e. The van der Waals surface area contributed by atoms with Gasteiger partial charge in [-0.3, -0.25) is 9.59 Å². The van der Waals surface area contributed by atoms with Gasteiger partial charge in [0.1, 0.15) is 0 Å². The van der Waals surface area contributed by atoms with E-state index >= 15 is 0 Å². The Morgan fingerprint density at radius 2 is 1.03 bits per heavy atom. The summed E-state index contributed by atoms with van der Waals surface area (Å²) >= 11 is 54.2. The van der Waals surface area contributed by atoms with Gasteiger partial charge in [-0.2, -0.15) is 0 Å². The van der Waals surface area contributed by atoms with E-state index in [2.05, 4.69) is 121 Å². The summed E-state index contributed by atoms with van der Waals surface area (Å²) in [5.74, 6) is -0.792. The summed E-state index contributed by atoms with van der Waals surface area (Å²) in [5, 5.41) is 11.1. The number of carbonyl (C=O) groups is 2. The van der Waals surface area contributed by atoms with E-state index in [0.717, 1.165) is 30.0 Å². The summed E-state index contributed by atoms with van der Waals surface area (Å²) < 4.78 is 0.857. The summed E-state index contributed by atoms with van der Waals surface area (Å²) in [6.07, 6.45) is 3.53. The molecule has 2 unspecified atom stereocenters. The fourth-order valence-corrected chi connectivity index (χ4v) is 5.08. The van der Waals surface area contributed by atoms with Crippen molar-refractivity contribution >= 4 is 175 Å². The maximum Gasteiger partial charge on any atom is 2.00 e. The van der Waals surface area contributed by atoms with E-state index in [4.69, 9.17) is 34.8 Å². The van der Waals surface area contributed by atoms with Gasteiger partial charge in [-0.25, -0.2) is 4.31 Å². The van der Waals surface area contributed by atoms with Crippen molar-refractivity contribution in [3.63, 3.8) is 0 Å². The third-order valence-electron chi connectivity index (χ3n) is 4.32. The Kier molecular flexibility index (Phi) is 28.5. The van der Waals surface area contributed by atoms with Crippen molar-refractivity contribution in [1.29, 1.82) is 0 Å². The summed E-state index contributed by atoms with van der Waals surface area (Å²) in [4.78, 5) is 23.9. The Balaban J connectivity index is -0.000000495. The normalized spacial score (nSPS) is 17.4. The number of nitrogens with one attached hydrogen (secondary N) is 4. The molecule has 4 N–H and O–H groups in total. The molecule has 1 heterocycles. The zero-order chi connectivity index (χ0) is 27.9. The van der Waals surface area contributed by atoms with Crippen LogP contribution in [-0.4, -0.2) is 62.7 Å². The molecule has 1 saturated carbocycles. The summed E-state index contributed by atoms with van der Waals surface area (Å²) in [6, 6.07) is 0. The molecule has 0 aromatic rings. The summed E-state index contributed by atoms with van der Waals surface area (Å²) in [7, 11) is 0. The molecule has 7 nitrogen and oxygen atoms in total. The van der Waals surface area contributed by atoms with Gasteiger partial charge < -0.3 is 121 Å². The number of amides is 2. The van der Waals surface area contributed by atoms with Gasteiger partial charge in [0.2, 0.25) is 11.8 Å². The molecule has 2 amide bonds. The van der Waals surface area contributed by atoms with Gasteiger partial charge in [0.15, 0.2) is 0 Å². The molecule has 1 radical (unpaired) electrons. The number of carbonyl (C=O) groups excluding carboxylic acids is 2. The molecule has 1 saturated heterocycles. The van der Waals surface area contributed by atoms with E-state index < -0.39 is 3.12 Å². The number of nitrogens with zero attached hydrogens (tertiary/aromatic N) is 1. The second-order valence-corrected chi connectivity index (χ2v) is 15.3. The van der Waals surface area contributed by atoms with Crippen LogP contribution in [0.5, 0.6) is 0 Å². The first-order valence-corrected chi connectivity index (χ1v) is 15.3. The quantitative estimate of drug-likeness (QED) is 0.0577. The van der Waals surface area contributed by atoms with Crippen molar-refractivity contribution in [2.75, 3.05) is 26.2 Å². The zero-order valence-corrected chi connectivity index (χ0v) is 32.9. The molecule has 1 aliphatic heterocycles. The third-order valence-corrected chi connectivity index (χ3v) is 6.85. The van der Waals surface area contributed by atoms with E-state index in [0.29, 0.717) is 55.4 Å². The number of imide groups is 1. The molecule has 2 atom stereocenters. The number of hydrogen-bond acceptors (Lipinski definition) is 11. The fraction of sp³-hybridized carbons (Fsp3) is 0.647. The Morgan fingerprint density at radius 3 is 1.24 bits per heavy atom. The molecule has 2 rings (SSSR count). The second-order valence-electron chi connectivity index (χ2n) is 6.86. The minimum atomic E-state index is -1.67. The van der Waals surface area contributed by atoms with Crippen molar-refractivity contribution in [3.8, 4) is 0 Å². The van der Waals surface area contributed by atoms with Gasteiger partial charge in [-0.1, -0.05) is 64.9 Å². The monoisotopic (exact) mass is 848 g/mol. The summed E-state index contributed by atoms with van der Waals surface area (Å²) in [5.41, 5.74) is 0. The molecular weight excluding hydrogens is 830 g/mol. The van der Waals surface area contributed by atoms with Crippen molar-refractivity contribution in [2.24, 2.45) is 11.8 Å². The van der Waals surface area contributed by atoms with E-state index in [1.54, 1.807) is 0 Å². The molecule has 2 fully saturated rings. The molecular formula is C17H22Cl3CuN5O2S9Zn. The third kappa shape index (κ3) is 22.5. The molecule has 0 spiro atoms. The standard InChI is InChI=1S/C9H10Cl3NO2S.2C4H8N2S4.Cu.Zn/c10-9(11,12)16-13-7(14)5-3-1-2-4-6(5)8(13)15;2*7-3(8)5-1-2-6-4(9)10;;/h5-6H,1-4H2;2*1-2H2,(H2,5,7,8)(H2,6,9,10);;/q;;;2*+2/p-4. The topological polar surface area (TPSA) is 85.5 Å². The molecule has 0 aromatic heterocycles. The van der Waals surface area contributed by atoms with Crippen LogP contribution >= 0.6 is 95.6 Å². The SMILES string of the molecule is O=C1C2CCCCC2C(=O)N1SC(Cl)(Cl)Cl.S=C([S-])NCCNC(=S)[S-].S=C([S-])NCCNC(=S)[S-].[Cu+2].[Zn+2]. The van der Waals surface area contributed by atoms with Crippen LogP contribution in [0.15, 0.2) is 0 Å². The first-order chi connectivity index (χ1) is 16.7.